The predicted octanol–water partition coefficient (Wildman–Crippen LogP) is 5.19. The summed E-state index contributed by atoms with van der Waals surface area (Å²) in [5.74, 6) is -4.69. The summed E-state index contributed by atoms with van der Waals surface area (Å²) in [5.41, 5.74) is 0. The van der Waals surface area contributed by atoms with E-state index in [9.17, 15) is 35.3 Å². The molecule has 0 N–H and O–H groups in total. The fraction of sp³-hybridized carbons (Fsp3) is 1.00. The molecule has 12 heteroatoms. The molecule has 0 aromatic carbocycles. The molecule has 23 heavy (non-hydrogen) atoms. The molecule has 140 valence electrons. The van der Waals surface area contributed by atoms with Crippen LogP contribution >= 0.6 is 7.82 Å². The summed E-state index contributed by atoms with van der Waals surface area (Å²) in [6, 6.07) is 0. The molecule has 0 amide bonds. The van der Waals surface area contributed by atoms with Crippen molar-refractivity contribution in [2.45, 2.75) is 51.1 Å². The third kappa shape index (κ3) is 10.9. The van der Waals surface area contributed by atoms with E-state index in [1.54, 1.807) is 0 Å². The second kappa shape index (κ2) is 9.80. The quantitative estimate of drug-likeness (QED) is 0.266. The number of halogens is 7. The minimum absolute atomic E-state index is 0.266. The zero-order chi connectivity index (χ0) is 18.1. The Hall–Kier alpha value is -0.380. The van der Waals surface area contributed by atoms with Crippen molar-refractivity contribution >= 4 is 7.82 Å². The van der Waals surface area contributed by atoms with E-state index in [2.05, 4.69) is 13.6 Å². The van der Waals surface area contributed by atoms with Crippen molar-refractivity contribution in [3.05, 3.63) is 0 Å². The lowest BCUT2D eigenvalue weighted by atomic mass is 10.2. The number of unbranched alkanes of at least 4 members (excludes halogenated alkanes) is 3. The summed E-state index contributed by atoms with van der Waals surface area (Å²) >= 11 is 0. The average molecular weight is 378 g/mol. The monoisotopic (exact) mass is 378 g/mol. The van der Waals surface area contributed by atoms with Crippen molar-refractivity contribution < 1.29 is 48.9 Å². The second-order valence-corrected chi connectivity index (χ2v) is 6.23. The Labute approximate surface area is 128 Å². The number of phosphoric acid groups is 1. The SMILES string of the molecule is CCCCCCOP(=O)(OCC(F)(F)F)OCC(F)(F)C(F)F. The standard InChI is InChI=1S/C11H18F7O4P/c1-2-3-4-5-6-20-23(19,22-8-11(16,17)18)21-7-10(14,15)9(12)13/h9H,2-8H2,1H3. The first-order chi connectivity index (χ1) is 10.4. The second-order valence-electron chi connectivity index (χ2n) is 4.56. The molecule has 0 fully saturated rings. The first kappa shape index (κ1) is 22.6. The van der Waals surface area contributed by atoms with Crippen LogP contribution in [0.4, 0.5) is 30.7 Å². The number of phosphoric ester groups is 1. The average Bonchev–Trinajstić information content (AvgIpc) is 2.42. The maximum atomic E-state index is 12.7. The fourth-order valence-corrected chi connectivity index (χ4v) is 2.41. The van der Waals surface area contributed by atoms with Gasteiger partial charge >= 0.3 is 26.3 Å². The Morgan fingerprint density at radius 2 is 1.48 bits per heavy atom. The summed E-state index contributed by atoms with van der Waals surface area (Å²) < 4.78 is 110. The van der Waals surface area contributed by atoms with Crippen LogP contribution in [0.25, 0.3) is 0 Å². The predicted molar refractivity (Wildman–Crippen MR) is 66.6 cm³/mol. The molecule has 0 saturated carbocycles. The van der Waals surface area contributed by atoms with Gasteiger partial charge in [0.25, 0.3) is 0 Å². The van der Waals surface area contributed by atoms with Gasteiger partial charge in [0.1, 0.15) is 6.61 Å². The minimum Gasteiger partial charge on any atom is -0.287 e. The molecule has 0 aromatic heterocycles. The van der Waals surface area contributed by atoms with Crippen LogP contribution in [0, 0.1) is 0 Å². The highest BCUT2D eigenvalue weighted by Gasteiger charge is 2.45. The molecule has 0 saturated heterocycles. The number of rotatable bonds is 12. The van der Waals surface area contributed by atoms with Crippen LogP contribution in [0.3, 0.4) is 0 Å². The first-order valence-corrected chi connectivity index (χ1v) is 8.14. The Morgan fingerprint density at radius 1 is 0.913 bits per heavy atom. The third-order valence-electron chi connectivity index (χ3n) is 2.37. The van der Waals surface area contributed by atoms with Crippen LogP contribution in [-0.2, 0) is 18.1 Å². The molecule has 4 nitrogen and oxygen atoms in total. The topological polar surface area (TPSA) is 44.8 Å². The van der Waals surface area contributed by atoms with Gasteiger partial charge in [0, 0.05) is 0 Å². The molecule has 1 unspecified atom stereocenters. The van der Waals surface area contributed by atoms with Gasteiger partial charge in [0.05, 0.1) is 6.61 Å². The van der Waals surface area contributed by atoms with E-state index >= 15 is 0 Å². The van der Waals surface area contributed by atoms with Crippen LogP contribution in [0.15, 0.2) is 0 Å². The van der Waals surface area contributed by atoms with E-state index in [1.807, 2.05) is 6.92 Å². The van der Waals surface area contributed by atoms with Crippen molar-refractivity contribution in [3.8, 4) is 0 Å². The lowest BCUT2D eigenvalue weighted by molar-refractivity contribution is -0.167. The van der Waals surface area contributed by atoms with Crippen molar-refractivity contribution in [3.63, 3.8) is 0 Å². The van der Waals surface area contributed by atoms with E-state index in [1.165, 1.54) is 0 Å². The summed E-state index contributed by atoms with van der Waals surface area (Å²) in [5, 5.41) is 0. The van der Waals surface area contributed by atoms with Crippen LogP contribution in [0.5, 0.6) is 0 Å². The number of hydrogen-bond acceptors (Lipinski definition) is 4. The molecule has 0 aromatic rings. The van der Waals surface area contributed by atoms with E-state index < -0.39 is 39.6 Å². The largest absolute Gasteiger partial charge is 0.475 e. The zero-order valence-electron chi connectivity index (χ0n) is 12.3. The van der Waals surface area contributed by atoms with Gasteiger partial charge in [-0.05, 0) is 6.42 Å². The van der Waals surface area contributed by atoms with E-state index in [0.29, 0.717) is 6.42 Å². The van der Waals surface area contributed by atoms with Crippen molar-refractivity contribution in [1.29, 1.82) is 0 Å². The van der Waals surface area contributed by atoms with E-state index in [4.69, 9.17) is 0 Å². The highest BCUT2D eigenvalue weighted by molar-refractivity contribution is 7.48. The molecule has 0 aliphatic rings. The minimum atomic E-state index is -5.03. The van der Waals surface area contributed by atoms with Crippen molar-refractivity contribution in [2.75, 3.05) is 19.8 Å². The van der Waals surface area contributed by atoms with Gasteiger partial charge in [0.2, 0.25) is 0 Å². The smallest absolute Gasteiger partial charge is 0.287 e. The molecule has 0 aliphatic heterocycles. The maximum Gasteiger partial charge on any atom is 0.475 e. The fourth-order valence-electron chi connectivity index (χ4n) is 1.20. The molecule has 0 spiro atoms. The Morgan fingerprint density at radius 3 is 1.96 bits per heavy atom. The third-order valence-corrected chi connectivity index (χ3v) is 3.76. The van der Waals surface area contributed by atoms with Gasteiger partial charge in [-0.15, -0.1) is 0 Å². The van der Waals surface area contributed by atoms with Crippen LogP contribution < -0.4 is 0 Å². The molecule has 0 aliphatic carbocycles. The summed E-state index contributed by atoms with van der Waals surface area (Å²) in [6.07, 6.45) is -6.61. The molecule has 0 rings (SSSR count). The summed E-state index contributed by atoms with van der Waals surface area (Å²) in [7, 11) is -5.03. The maximum absolute atomic E-state index is 12.7. The lowest BCUT2D eigenvalue weighted by Gasteiger charge is -2.21. The highest BCUT2D eigenvalue weighted by atomic mass is 31.2. The van der Waals surface area contributed by atoms with Gasteiger partial charge in [-0.1, -0.05) is 26.2 Å². The van der Waals surface area contributed by atoms with Gasteiger partial charge in [-0.2, -0.15) is 22.0 Å². The van der Waals surface area contributed by atoms with E-state index in [0.717, 1.165) is 12.8 Å². The van der Waals surface area contributed by atoms with Gasteiger partial charge in [-0.3, -0.25) is 13.6 Å². The van der Waals surface area contributed by atoms with Crippen molar-refractivity contribution in [2.24, 2.45) is 0 Å². The van der Waals surface area contributed by atoms with Crippen LogP contribution in [-0.4, -0.2) is 38.3 Å². The number of alkyl halides is 7. The van der Waals surface area contributed by atoms with Crippen molar-refractivity contribution in [1.82, 2.24) is 0 Å². The highest BCUT2D eigenvalue weighted by Crippen LogP contribution is 2.51. The Balaban J connectivity index is 4.62. The molecule has 0 bridgehead atoms. The molecule has 0 heterocycles. The Kier molecular flexibility index (Phi) is 9.64. The first-order valence-electron chi connectivity index (χ1n) is 6.68. The van der Waals surface area contributed by atoms with E-state index in [-0.39, 0.29) is 13.0 Å². The number of hydrogen-bond donors (Lipinski definition) is 0. The van der Waals surface area contributed by atoms with Gasteiger partial charge < -0.3 is 0 Å². The lowest BCUT2D eigenvalue weighted by Crippen LogP contribution is -2.32. The molecular formula is C11H18F7O4P. The van der Waals surface area contributed by atoms with Gasteiger partial charge in [0.15, 0.2) is 6.61 Å². The molecule has 1 atom stereocenters. The molecule has 0 radical (unpaired) electrons. The Bertz CT molecular complexity index is 376. The van der Waals surface area contributed by atoms with Crippen LogP contribution in [0.2, 0.25) is 0 Å². The van der Waals surface area contributed by atoms with Gasteiger partial charge in [-0.25, -0.2) is 13.3 Å². The normalized spacial score (nSPS) is 15.9. The zero-order valence-corrected chi connectivity index (χ0v) is 13.1. The summed E-state index contributed by atoms with van der Waals surface area (Å²) in [4.78, 5) is 0. The summed E-state index contributed by atoms with van der Waals surface area (Å²) in [6.45, 7) is -2.67. The molecular weight excluding hydrogens is 360 g/mol. The van der Waals surface area contributed by atoms with Crippen LogP contribution in [0.1, 0.15) is 32.6 Å².